The third-order valence-corrected chi connectivity index (χ3v) is 13.6. The van der Waals surface area contributed by atoms with Gasteiger partial charge in [-0.25, -0.2) is 0 Å². The predicted molar refractivity (Wildman–Crippen MR) is 331 cm³/mol. The third-order valence-electron chi connectivity index (χ3n) is 13.6. The zero-order valence-electron chi connectivity index (χ0n) is 48.6. The second kappa shape index (κ2) is 63.8. The smallest absolute Gasteiger partial charge is 0.220 e. The summed E-state index contributed by atoms with van der Waals surface area (Å²) in [6, 6.07) is -0.657. The van der Waals surface area contributed by atoms with Crippen LogP contribution in [0.25, 0.3) is 0 Å². The van der Waals surface area contributed by atoms with Crippen LogP contribution in [0.2, 0.25) is 0 Å². The quantitative estimate of drug-likeness (QED) is 0.0420. The van der Waals surface area contributed by atoms with Crippen LogP contribution in [0.4, 0.5) is 0 Å². The molecule has 0 bridgehead atoms. The Bertz CT molecular complexity index is 1490. The maximum atomic E-state index is 12.5. The van der Waals surface area contributed by atoms with Crippen molar-refractivity contribution in [1.29, 1.82) is 0 Å². The van der Waals surface area contributed by atoms with E-state index in [0.29, 0.717) is 6.42 Å². The van der Waals surface area contributed by atoms with Crippen LogP contribution in [0.15, 0.2) is 134 Å². The number of nitrogens with one attached hydrogen (secondary N) is 1. The lowest BCUT2D eigenvalue weighted by Gasteiger charge is -2.19. The Morgan fingerprint density at radius 1 is 0.338 bits per heavy atom. The summed E-state index contributed by atoms with van der Waals surface area (Å²) >= 11 is 0. The van der Waals surface area contributed by atoms with E-state index in [1.54, 1.807) is 6.08 Å². The topological polar surface area (TPSA) is 69.6 Å². The van der Waals surface area contributed by atoms with E-state index in [1.807, 2.05) is 6.08 Å². The number of rotatable bonds is 56. The number of aliphatic hydroxyl groups excluding tert-OH is 2. The van der Waals surface area contributed by atoms with E-state index in [0.717, 1.165) is 103 Å². The summed E-state index contributed by atoms with van der Waals surface area (Å²) in [6.07, 6.45) is 99.2. The molecule has 0 aromatic carbocycles. The summed E-state index contributed by atoms with van der Waals surface area (Å²) in [5.74, 6) is -0.0883. The van der Waals surface area contributed by atoms with Crippen LogP contribution >= 0.6 is 0 Å². The summed E-state index contributed by atoms with van der Waals surface area (Å²) in [5.41, 5.74) is 0. The number of hydrogen-bond acceptors (Lipinski definition) is 3. The van der Waals surface area contributed by atoms with E-state index in [4.69, 9.17) is 0 Å². The van der Waals surface area contributed by atoms with Gasteiger partial charge in [0, 0.05) is 6.42 Å². The van der Waals surface area contributed by atoms with Crippen molar-refractivity contribution in [3.8, 4) is 0 Å². The van der Waals surface area contributed by atoms with Gasteiger partial charge in [0.1, 0.15) is 0 Å². The molecule has 1 amide bonds. The Kier molecular flexibility index (Phi) is 60.8. The van der Waals surface area contributed by atoms with E-state index >= 15 is 0 Å². The molecule has 0 saturated carbocycles. The zero-order valence-corrected chi connectivity index (χ0v) is 48.6. The van der Waals surface area contributed by atoms with Crippen molar-refractivity contribution >= 4 is 5.91 Å². The number of aliphatic hydroxyl groups is 2. The van der Waals surface area contributed by atoms with Gasteiger partial charge in [0.15, 0.2) is 0 Å². The predicted octanol–water partition coefficient (Wildman–Crippen LogP) is 21.4. The van der Waals surface area contributed by atoms with Gasteiger partial charge in [-0.2, -0.15) is 0 Å². The fraction of sp³-hybridized carbons (Fsp3) is 0.671. The molecule has 2 unspecified atom stereocenters. The summed E-state index contributed by atoms with van der Waals surface area (Å²) in [4.78, 5) is 12.5. The van der Waals surface area contributed by atoms with Gasteiger partial charge >= 0.3 is 0 Å². The SMILES string of the molecule is CC/C=C\C/C=C\C/C=C\C/C=C\C/C=C\C/C=C\C/C=C\C/C=C\C/C=C\CCCCCCCCCC(=O)NC(CO)C(O)/C=C/CC/C=C/CCCCCCCCCCCCCCCCCCCCCCC. The van der Waals surface area contributed by atoms with Crippen LogP contribution in [0.3, 0.4) is 0 Å². The molecule has 0 radical (unpaired) electrons. The van der Waals surface area contributed by atoms with Gasteiger partial charge in [-0.3, -0.25) is 4.79 Å². The molecule has 3 N–H and O–H groups in total. The molecule has 0 saturated heterocycles. The molecule has 0 aliphatic rings. The zero-order chi connectivity index (χ0) is 53.4. The first kappa shape index (κ1) is 70.5. The lowest BCUT2D eigenvalue weighted by Crippen LogP contribution is -2.45. The van der Waals surface area contributed by atoms with Crippen molar-refractivity contribution in [1.82, 2.24) is 5.32 Å². The van der Waals surface area contributed by atoms with Crippen LogP contribution in [0.5, 0.6) is 0 Å². The van der Waals surface area contributed by atoms with Gasteiger partial charge in [-0.05, 0) is 103 Å². The lowest BCUT2D eigenvalue weighted by atomic mass is 10.0. The monoisotopic (exact) mass is 1020 g/mol. The first-order valence-electron chi connectivity index (χ1n) is 31.4. The number of unbranched alkanes of at least 4 members (excludes halogenated alkanes) is 29. The normalized spacial score (nSPS) is 13.7. The number of carbonyl (C=O) groups excluding carboxylic acids is 1. The molecule has 0 spiro atoms. The summed E-state index contributed by atoms with van der Waals surface area (Å²) in [6.45, 7) is 4.19. The Morgan fingerprint density at radius 3 is 0.946 bits per heavy atom. The first-order valence-corrected chi connectivity index (χ1v) is 31.4. The molecular formula is C70H119NO3. The van der Waals surface area contributed by atoms with E-state index in [1.165, 1.54) is 161 Å². The first-order chi connectivity index (χ1) is 36.7. The highest BCUT2D eigenvalue weighted by Gasteiger charge is 2.18. The highest BCUT2D eigenvalue weighted by molar-refractivity contribution is 5.76. The second-order valence-corrected chi connectivity index (χ2v) is 20.7. The molecule has 4 heteroatoms. The minimum Gasteiger partial charge on any atom is -0.394 e. The van der Waals surface area contributed by atoms with Crippen molar-refractivity contribution in [3.05, 3.63) is 134 Å². The molecule has 2 atom stereocenters. The third kappa shape index (κ3) is 59.4. The van der Waals surface area contributed by atoms with Crippen molar-refractivity contribution < 1.29 is 15.0 Å². The van der Waals surface area contributed by atoms with Crippen molar-refractivity contribution in [3.63, 3.8) is 0 Å². The highest BCUT2D eigenvalue weighted by Crippen LogP contribution is 2.16. The van der Waals surface area contributed by atoms with Gasteiger partial charge in [0.2, 0.25) is 5.91 Å². The summed E-state index contributed by atoms with van der Waals surface area (Å²) < 4.78 is 0. The molecule has 0 aromatic heterocycles. The fourth-order valence-corrected chi connectivity index (χ4v) is 8.89. The molecule has 74 heavy (non-hydrogen) atoms. The molecular weight excluding hydrogens is 903 g/mol. The molecule has 0 heterocycles. The number of amides is 1. The number of allylic oxidation sites excluding steroid dienone is 21. The minimum atomic E-state index is -0.878. The van der Waals surface area contributed by atoms with Crippen molar-refractivity contribution in [2.75, 3.05) is 6.61 Å². The molecule has 0 rings (SSSR count). The Morgan fingerprint density at radius 2 is 0.608 bits per heavy atom. The van der Waals surface area contributed by atoms with E-state index < -0.39 is 12.1 Å². The average Bonchev–Trinajstić information content (AvgIpc) is 3.40. The highest BCUT2D eigenvalue weighted by atomic mass is 16.3. The minimum absolute atomic E-state index is 0.0883. The van der Waals surface area contributed by atoms with Gasteiger partial charge in [0.05, 0.1) is 18.8 Å². The van der Waals surface area contributed by atoms with Crippen LogP contribution in [-0.4, -0.2) is 34.9 Å². The molecule has 422 valence electrons. The van der Waals surface area contributed by atoms with E-state index in [-0.39, 0.29) is 12.5 Å². The Hall–Kier alpha value is -3.47. The average molecular weight is 1020 g/mol. The van der Waals surface area contributed by atoms with Crippen LogP contribution in [0, 0.1) is 0 Å². The molecule has 0 fully saturated rings. The van der Waals surface area contributed by atoms with Crippen LogP contribution < -0.4 is 5.32 Å². The van der Waals surface area contributed by atoms with Crippen LogP contribution in [0.1, 0.15) is 284 Å². The van der Waals surface area contributed by atoms with Gasteiger partial charge < -0.3 is 15.5 Å². The summed E-state index contributed by atoms with van der Waals surface area (Å²) in [5, 5.41) is 23.2. The Balaban J connectivity index is 3.63. The maximum absolute atomic E-state index is 12.5. The number of hydrogen-bond donors (Lipinski definition) is 3. The molecule has 4 nitrogen and oxygen atoms in total. The van der Waals surface area contributed by atoms with Crippen molar-refractivity contribution in [2.45, 2.75) is 296 Å². The molecule has 0 aliphatic carbocycles. The number of carbonyl (C=O) groups is 1. The molecule has 0 aliphatic heterocycles. The summed E-state index contributed by atoms with van der Waals surface area (Å²) in [7, 11) is 0. The van der Waals surface area contributed by atoms with Gasteiger partial charge in [0.25, 0.3) is 0 Å². The lowest BCUT2D eigenvalue weighted by molar-refractivity contribution is -0.123. The fourth-order valence-electron chi connectivity index (χ4n) is 8.89. The largest absolute Gasteiger partial charge is 0.394 e. The van der Waals surface area contributed by atoms with Crippen LogP contribution in [-0.2, 0) is 4.79 Å². The maximum Gasteiger partial charge on any atom is 0.220 e. The van der Waals surface area contributed by atoms with E-state index in [9.17, 15) is 15.0 Å². The second-order valence-electron chi connectivity index (χ2n) is 20.7. The van der Waals surface area contributed by atoms with Crippen molar-refractivity contribution in [2.24, 2.45) is 0 Å². The standard InChI is InChI=1S/C70H119NO3/c1-3-5-7-9-11-13-15-17-19-21-23-25-27-29-31-32-33-34-35-36-37-38-40-42-44-46-48-50-52-54-56-58-60-62-64-66-70(74)71-68(67-72)69(73)65-63-61-59-57-55-53-51-49-47-45-43-41-39-30-28-26-24-22-20-18-16-14-12-10-8-6-4-2/h5,7,11,13,17,19,23,25,29,31,33-34,36-37,40,42,46,48,55,57,63,65,68-69,72-73H,3-4,6,8-10,12,14-16,18,20-22,24,26-28,30,32,35,38-39,41,43-45,47,49-54,56,58-62,64,66-67H2,1-2H3,(H,71,74)/b7-5-,13-11-,19-17-,25-23-,31-29-,34-33-,37-36-,42-40-,48-46-,57-55+,65-63+. The van der Waals surface area contributed by atoms with Gasteiger partial charge in [-0.15, -0.1) is 0 Å². The molecule has 0 aromatic rings. The van der Waals surface area contributed by atoms with Gasteiger partial charge in [-0.1, -0.05) is 308 Å². The van der Waals surface area contributed by atoms with E-state index in [2.05, 4.69) is 141 Å². The Labute approximate surface area is 460 Å².